The first-order chi connectivity index (χ1) is 14.5. The van der Waals surface area contributed by atoms with Crippen LogP contribution in [-0.4, -0.2) is 33.1 Å². The molecule has 0 unspecified atom stereocenters. The van der Waals surface area contributed by atoms with Crippen LogP contribution in [0.25, 0.3) is 6.08 Å². The van der Waals surface area contributed by atoms with Crippen molar-refractivity contribution in [3.8, 4) is 0 Å². The van der Waals surface area contributed by atoms with Crippen LogP contribution in [0.2, 0.25) is 0 Å². The number of carboxylic acid groups (broad SMARTS) is 1. The Bertz CT molecular complexity index is 891. The van der Waals surface area contributed by atoms with Crippen molar-refractivity contribution in [2.45, 2.75) is 64.0 Å². The predicted molar refractivity (Wildman–Crippen MR) is 119 cm³/mol. The van der Waals surface area contributed by atoms with Gasteiger partial charge < -0.3 is 15.1 Å². The van der Waals surface area contributed by atoms with Crippen LogP contribution >= 0.6 is 11.3 Å². The molecule has 1 saturated heterocycles. The second kappa shape index (κ2) is 10.5. The Balaban J connectivity index is 1.62. The van der Waals surface area contributed by atoms with Gasteiger partial charge in [-0.25, -0.2) is 9.78 Å². The van der Waals surface area contributed by atoms with Crippen LogP contribution < -0.4 is 4.90 Å². The number of carbonyl (C=O) groups is 2. The molecule has 6 nitrogen and oxygen atoms in total. The lowest BCUT2D eigenvalue weighted by Crippen LogP contribution is -2.32. The second-order valence-corrected chi connectivity index (χ2v) is 8.46. The van der Waals surface area contributed by atoms with Gasteiger partial charge in [0.2, 0.25) is 5.91 Å². The molecule has 160 valence electrons. The minimum Gasteiger partial charge on any atom is -0.476 e. The standard InChI is InChI=1S/C23H28N2O4S/c1-2-3-4-7-20(26)16-9-11-18(12-10-16)25-17(13-14-22(25)27)6-5-8-21-24-19(15-30-21)23(28)29/h5,8-12,15,17,20,26H,2-4,6-7,13-14H2,1H3,(H,28,29)/b8-5-/t17-,20-/m0/s1. The number of carboxylic acids is 1. The number of anilines is 1. The zero-order valence-corrected chi connectivity index (χ0v) is 18.0. The van der Waals surface area contributed by atoms with Gasteiger partial charge >= 0.3 is 5.97 Å². The van der Waals surface area contributed by atoms with Crippen LogP contribution in [0, 0.1) is 0 Å². The normalized spacial score (nSPS) is 17.7. The maximum absolute atomic E-state index is 12.5. The van der Waals surface area contributed by atoms with Crippen molar-refractivity contribution < 1.29 is 19.8 Å². The van der Waals surface area contributed by atoms with Gasteiger partial charge in [0.25, 0.3) is 0 Å². The molecule has 2 atom stereocenters. The molecule has 1 aliphatic rings. The highest BCUT2D eigenvalue weighted by Crippen LogP contribution is 2.30. The fourth-order valence-corrected chi connectivity index (χ4v) is 4.43. The zero-order chi connectivity index (χ0) is 21.5. The monoisotopic (exact) mass is 428 g/mol. The maximum atomic E-state index is 12.5. The van der Waals surface area contributed by atoms with Crippen molar-refractivity contribution in [2.24, 2.45) is 0 Å². The van der Waals surface area contributed by atoms with E-state index < -0.39 is 12.1 Å². The number of rotatable bonds is 10. The first kappa shape index (κ1) is 22.2. The fourth-order valence-electron chi connectivity index (χ4n) is 3.72. The topological polar surface area (TPSA) is 90.7 Å². The van der Waals surface area contributed by atoms with Gasteiger partial charge in [0.15, 0.2) is 5.69 Å². The second-order valence-electron chi connectivity index (χ2n) is 7.57. The van der Waals surface area contributed by atoms with Gasteiger partial charge in [0.1, 0.15) is 5.01 Å². The Morgan fingerprint density at radius 2 is 2.10 bits per heavy atom. The molecule has 0 saturated carbocycles. The highest BCUT2D eigenvalue weighted by molar-refractivity contribution is 7.10. The third-order valence-corrected chi connectivity index (χ3v) is 6.18. The highest BCUT2D eigenvalue weighted by Gasteiger charge is 2.31. The minimum atomic E-state index is -1.03. The van der Waals surface area contributed by atoms with E-state index in [1.807, 2.05) is 41.3 Å². The summed E-state index contributed by atoms with van der Waals surface area (Å²) in [6, 6.07) is 7.71. The number of aromatic carboxylic acids is 1. The molecule has 0 radical (unpaired) electrons. The molecule has 2 N–H and O–H groups in total. The molecule has 0 aliphatic carbocycles. The Hall–Kier alpha value is -2.51. The van der Waals surface area contributed by atoms with Crippen LogP contribution in [0.5, 0.6) is 0 Å². The van der Waals surface area contributed by atoms with Crippen molar-refractivity contribution in [2.75, 3.05) is 4.90 Å². The van der Waals surface area contributed by atoms with Crippen LogP contribution in [0.3, 0.4) is 0 Å². The molecule has 2 aromatic rings. The number of aliphatic hydroxyl groups is 1. The Kier molecular flexibility index (Phi) is 7.76. The first-order valence-electron chi connectivity index (χ1n) is 10.4. The number of thiazole rings is 1. The number of hydrogen-bond donors (Lipinski definition) is 2. The summed E-state index contributed by atoms with van der Waals surface area (Å²) < 4.78 is 0. The summed E-state index contributed by atoms with van der Waals surface area (Å²) in [4.78, 5) is 29.3. The van der Waals surface area contributed by atoms with E-state index in [2.05, 4.69) is 11.9 Å². The molecule has 1 amide bonds. The number of aliphatic hydroxyl groups excluding tert-OH is 1. The van der Waals surface area contributed by atoms with E-state index >= 15 is 0 Å². The summed E-state index contributed by atoms with van der Waals surface area (Å²) in [5.74, 6) is -0.926. The van der Waals surface area contributed by atoms with E-state index in [0.29, 0.717) is 17.8 Å². The largest absolute Gasteiger partial charge is 0.476 e. The van der Waals surface area contributed by atoms with Gasteiger partial charge in [0, 0.05) is 23.5 Å². The van der Waals surface area contributed by atoms with Crippen molar-refractivity contribution in [3.05, 3.63) is 52.0 Å². The fraction of sp³-hybridized carbons (Fsp3) is 0.435. The van der Waals surface area contributed by atoms with Crippen LogP contribution in [0.4, 0.5) is 5.69 Å². The van der Waals surface area contributed by atoms with E-state index in [-0.39, 0.29) is 17.6 Å². The summed E-state index contributed by atoms with van der Waals surface area (Å²) >= 11 is 1.29. The molecule has 30 heavy (non-hydrogen) atoms. The zero-order valence-electron chi connectivity index (χ0n) is 17.2. The highest BCUT2D eigenvalue weighted by atomic mass is 32.1. The van der Waals surface area contributed by atoms with E-state index in [1.165, 1.54) is 16.7 Å². The number of amides is 1. The van der Waals surface area contributed by atoms with Crippen molar-refractivity contribution in [1.29, 1.82) is 0 Å². The summed E-state index contributed by atoms with van der Waals surface area (Å²) in [5, 5.41) is 21.5. The van der Waals surface area contributed by atoms with Crippen LogP contribution in [0.15, 0.2) is 35.7 Å². The summed E-state index contributed by atoms with van der Waals surface area (Å²) in [6.45, 7) is 2.14. The van der Waals surface area contributed by atoms with Crippen LogP contribution in [0.1, 0.15) is 79.0 Å². The number of aromatic nitrogens is 1. The van der Waals surface area contributed by atoms with Crippen molar-refractivity contribution >= 4 is 35.0 Å². The number of unbranched alkanes of at least 4 members (excludes halogenated alkanes) is 2. The van der Waals surface area contributed by atoms with Crippen molar-refractivity contribution in [3.63, 3.8) is 0 Å². The average Bonchev–Trinajstić information content (AvgIpc) is 3.35. The third kappa shape index (κ3) is 5.55. The third-order valence-electron chi connectivity index (χ3n) is 5.37. The van der Waals surface area contributed by atoms with Gasteiger partial charge in [-0.05, 0) is 43.0 Å². The Morgan fingerprint density at radius 3 is 2.77 bits per heavy atom. The van der Waals surface area contributed by atoms with Gasteiger partial charge in [-0.15, -0.1) is 11.3 Å². The quantitative estimate of drug-likeness (QED) is 0.517. The van der Waals surface area contributed by atoms with E-state index in [9.17, 15) is 14.7 Å². The summed E-state index contributed by atoms with van der Waals surface area (Å²) in [7, 11) is 0. The van der Waals surface area contributed by atoms with Crippen LogP contribution in [-0.2, 0) is 4.79 Å². The van der Waals surface area contributed by atoms with E-state index in [4.69, 9.17) is 5.11 Å². The lowest BCUT2D eigenvalue weighted by molar-refractivity contribution is -0.117. The van der Waals surface area contributed by atoms with Gasteiger partial charge in [-0.3, -0.25) is 4.79 Å². The number of benzene rings is 1. The molecule has 1 aromatic heterocycles. The molecule has 7 heteroatoms. The number of nitrogens with zero attached hydrogens (tertiary/aromatic N) is 2. The number of hydrogen-bond acceptors (Lipinski definition) is 5. The number of carbonyl (C=O) groups excluding carboxylic acids is 1. The molecule has 3 rings (SSSR count). The molecular formula is C23H28N2O4S. The molecule has 1 fully saturated rings. The predicted octanol–water partition coefficient (Wildman–Crippen LogP) is 5.05. The molecule has 0 bridgehead atoms. The summed E-state index contributed by atoms with van der Waals surface area (Å²) in [5.41, 5.74) is 1.79. The van der Waals surface area contributed by atoms with Gasteiger partial charge in [-0.2, -0.15) is 0 Å². The van der Waals surface area contributed by atoms with Gasteiger partial charge in [-0.1, -0.05) is 44.4 Å². The van der Waals surface area contributed by atoms with Crippen molar-refractivity contribution in [1.82, 2.24) is 4.98 Å². The maximum Gasteiger partial charge on any atom is 0.355 e. The Labute approximate surface area is 180 Å². The lowest BCUT2D eigenvalue weighted by atomic mass is 10.0. The van der Waals surface area contributed by atoms with E-state index in [1.54, 1.807) is 0 Å². The molecule has 1 aromatic carbocycles. The van der Waals surface area contributed by atoms with Gasteiger partial charge in [0.05, 0.1) is 6.10 Å². The smallest absolute Gasteiger partial charge is 0.355 e. The summed E-state index contributed by atoms with van der Waals surface area (Å²) in [6.07, 6.45) is 9.27. The average molecular weight is 429 g/mol. The molecule has 0 spiro atoms. The SMILES string of the molecule is CCCCC[C@H](O)c1ccc(N2C(=O)CC[C@@H]2C/C=C\c2nc(C(=O)O)cs2)cc1. The minimum absolute atomic E-state index is 0.0503. The molecule has 1 aliphatic heterocycles. The lowest BCUT2D eigenvalue weighted by Gasteiger charge is -2.24. The molecule has 2 heterocycles. The van der Waals surface area contributed by atoms with E-state index in [0.717, 1.165) is 43.4 Å². The Morgan fingerprint density at radius 1 is 1.33 bits per heavy atom. The molecular weight excluding hydrogens is 400 g/mol. The first-order valence-corrected chi connectivity index (χ1v) is 11.3.